The number of hydrogen-bond acceptors (Lipinski definition) is 1. The molecule has 2 rings (SSSR count). The van der Waals surface area contributed by atoms with Crippen LogP contribution in [0.3, 0.4) is 0 Å². The summed E-state index contributed by atoms with van der Waals surface area (Å²) < 4.78 is 0. The lowest BCUT2D eigenvalue weighted by Crippen LogP contribution is -2.53. The number of likely N-dealkylation sites (tertiary alicyclic amines) is 1. The van der Waals surface area contributed by atoms with E-state index in [0.717, 1.165) is 13.1 Å². The van der Waals surface area contributed by atoms with Gasteiger partial charge in [0.1, 0.15) is 0 Å². The molecule has 0 aromatic heterocycles. The van der Waals surface area contributed by atoms with Gasteiger partial charge < -0.3 is 4.90 Å². The molecule has 1 fully saturated rings. The van der Waals surface area contributed by atoms with Crippen LogP contribution in [0.15, 0.2) is 30.3 Å². The second-order valence-electron chi connectivity index (χ2n) is 6.84. The lowest BCUT2D eigenvalue weighted by molar-refractivity contribution is -0.139. The number of hydrogen-bond donors (Lipinski definition) is 0. The number of nitrogens with zero attached hydrogens (tertiary/aromatic N) is 1. The van der Waals surface area contributed by atoms with Gasteiger partial charge in [0, 0.05) is 25.4 Å². The van der Waals surface area contributed by atoms with Crippen LogP contribution in [0.4, 0.5) is 0 Å². The first-order chi connectivity index (χ1) is 9.49. The van der Waals surface area contributed by atoms with Gasteiger partial charge >= 0.3 is 0 Å². The first-order valence-corrected chi connectivity index (χ1v) is 7.81. The lowest BCUT2D eigenvalue weighted by Gasteiger charge is -2.45. The third kappa shape index (κ3) is 3.41. The molecule has 20 heavy (non-hydrogen) atoms. The van der Waals surface area contributed by atoms with Gasteiger partial charge in [-0.1, -0.05) is 58.0 Å². The largest absolute Gasteiger partial charge is 0.342 e. The Labute approximate surface area is 123 Å². The van der Waals surface area contributed by atoms with Crippen molar-refractivity contribution in [3.8, 4) is 0 Å². The smallest absolute Gasteiger partial charge is 0.222 e. The fourth-order valence-electron chi connectivity index (χ4n) is 3.30. The van der Waals surface area contributed by atoms with E-state index in [0.29, 0.717) is 36.0 Å². The van der Waals surface area contributed by atoms with Crippen LogP contribution < -0.4 is 0 Å². The SMILES string of the molecule is CC(C)CC(=O)N1CC([C@@H](c2ccccc2)C(C)C)C1. The maximum atomic E-state index is 12.0. The number of benzene rings is 1. The van der Waals surface area contributed by atoms with Gasteiger partial charge in [-0.3, -0.25) is 4.79 Å². The minimum absolute atomic E-state index is 0.326. The number of amides is 1. The summed E-state index contributed by atoms with van der Waals surface area (Å²) in [5, 5.41) is 0. The van der Waals surface area contributed by atoms with E-state index in [1.807, 2.05) is 4.90 Å². The highest BCUT2D eigenvalue weighted by Gasteiger charge is 2.37. The third-order valence-corrected chi connectivity index (χ3v) is 4.26. The van der Waals surface area contributed by atoms with E-state index in [2.05, 4.69) is 58.0 Å². The van der Waals surface area contributed by atoms with Crippen molar-refractivity contribution in [3.05, 3.63) is 35.9 Å². The lowest BCUT2D eigenvalue weighted by atomic mass is 9.74. The van der Waals surface area contributed by atoms with Crippen molar-refractivity contribution in [2.24, 2.45) is 17.8 Å². The van der Waals surface area contributed by atoms with Gasteiger partial charge in [0.2, 0.25) is 5.91 Å². The Balaban J connectivity index is 1.97. The Hall–Kier alpha value is -1.31. The molecule has 2 heteroatoms. The minimum atomic E-state index is 0.326. The summed E-state index contributed by atoms with van der Waals surface area (Å²) in [7, 11) is 0. The Morgan fingerprint density at radius 2 is 1.75 bits per heavy atom. The molecule has 1 aliphatic rings. The number of carbonyl (C=O) groups is 1. The Morgan fingerprint density at radius 1 is 1.15 bits per heavy atom. The van der Waals surface area contributed by atoms with Gasteiger partial charge in [-0.2, -0.15) is 0 Å². The summed E-state index contributed by atoms with van der Waals surface area (Å²) in [6, 6.07) is 10.8. The van der Waals surface area contributed by atoms with Crippen molar-refractivity contribution in [2.45, 2.75) is 40.0 Å². The maximum absolute atomic E-state index is 12.0. The molecular formula is C18H27NO. The van der Waals surface area contributed by atoms with Gasteiger partial charge in [-0.25, -0.2) is 0 Å². The molecule has 1 heterocycles. The first kappa shape index (κ1) is 15.1. The van der Waals surface area contributed by atoms with Crippen molar-refractivity contribution in [2.75, 3.05) is 13.1 Å². The second kappa shape index (κ2) is 6.43. The van der Waals surface area contributed by atoms with E-state index >= 15 is 0 Å². The van der Waals surface area contributed by atoms with Gasteiger partial charge in [0.15, 0.2) is 0 Å². The van der Waals surface area contributed by atoms with Crippen molar-refractivity contribution < 1.29 is 4.79 Å². The van der Waals surface area contributed by atoms with Crippen molar-refractivity contribution in [3.63, 3.8) is 0 Å². The van der Waals surface area contributed by atoms with Crippen LogP contribution in [0.2, 0.25) is 0 Å². The van der Waals surface area contributed by atoms with Crippen LogP contribution in [0.1, 0.15) is 45.6 Å². The standard InChI is InChI=1S/C18H27NO/c1-13(2)10-17(20)19-11-16(12-19)18(14(3)4)15-8-6-5-7-9-15/h5-9,13-14,16,18H,10-12H2,1-4H3/t18-/m1/s1. The molecule has 1 amide bonds. The van der Waals surface area contributed by atoms with Gasteiger partial charge in [0.05, 0.1) is 0 Å². The van der Waals surface area contributed by atoms with Crippen molar-refractivity contribution >= 4 is 5.91 Å². The molecule has 0 aliphatic carbocycles. The van der Waals surface area contributed by atoms with Crippen LogP contribution in [0.5, 0.6) is 0 Å². The summed E-state index contributed by atoms with van der Waals surface area (Å²) in [6.07, 6.45) is 0.685. The van der Waals surface area contributed by atoms with Gasteiger partial charge in [-0.05, 0) is 23.3 Å². The van der Waals surface area contributed by atoms with Gasteiger partial charge in [0.25, 0.3) is 0 Å². The van der Waals surface area contributed by atoms with Crippen LogP contribution >= 0.6 is 0 Å². The fraction of sp³-hybridized carbons (Fsp3) is 0.611. The molecule has 110 valence electrons. The van der Waals surface area contributed by atoms with Crippen LogP contribution in [0, 0.1) is 17.8 Å². The van der Waals surface area contributed by atoms with E-state index in [4.69, 9.17) is 0 Å². The summed E-state index contributed by atoms with van der Waals surface area (Å²) >= 11 is 0. The Bertz CT molecular complexity index is 432. The van der Waals surface area contributed by atoms with E-state index in [-0.39, 0.29) is 0 Å². The molecule has 1 aliphatic heterocycles. The first-order valence-electron chi connectivity index (χ1n) is 7.81. The minimum Gasteiger partial charge on any atom is -0.342 e. The summed E-state index contributed by atoms with van der Waals surface area (Å²) in [5.74, 6) is 2.58. The third-order valence-electron chi connectivity index (χ3n) is 4.26. The highest BCUT2D eigenvalue weighted by Crippen LogP contribution is 2.37. The highest BCUT2D eigenvalue weighted by atomic mass is 16.2. The molecule has 0 bridgehead atoms. The predicted octanol–water partition coefficient (Wildman–Crippen LogP) is 3.93. The molecule has 1 aromatic rings. The molecule has 0 saturated carbocycles. The average molecular weight is 273 g/mol. The monoisotopic (exact) mass is 273 g/mol. The van der Waals surface area contributed by atoms with Crippen molar-refractivity contribution in [1.82, 2.24) is 4.90 Å². The van der Waals surface area contributed by atoms with E-state index in [1.54, 1.807) is 0 Å². The van der Waals surface area contributed by atoms with Gasteiger partial charge in [-0.15, -0.1) is 0 Å². The maximum Gasteiger partial charge on any atom is 0.222 e. The predicted molar refractivity (Wildman–Crippen MR) is 83.5 cm³/mol. The number of carbonyl (C=O) groups excluding carboxylic acids is 1. The second-order valence-corrected chi connectivity index (χ2v) is 6.84. The molecular weight excluding hydrogens is 246 g/mol. The molecule has 0 radical (unpaired) electrons. The quantitative estimate of drug-likeness (QED) is 0.796. The molecule has 0 unspecified atom stereocenters. The molecule has 1 saturated heterocycles. The summed E-state index contributed by atoms with van der Waals surface area (Å²) in [5.41, 5.74) is 1.42. The Kier molecular flexibility index (Phi) is 4.85. The highest BCUT2D eigenvalue weighted by molar-refractivity contribution is 5.77. The van der Waals surface area contributed by atoms with E-state index in [1.165, 1.54) is 5.56 Å². The van der Waals surface area contributed by atoms with Crippen LogP contribution in [0.25, 0.3) is 0 Å². The van der Waals surface area contributed by atoms with Crippen LogP contribution in [-0.2, 0) is 4.79 Å². The molecule has 0 N–H and O–H groups in total. The van der Waals surface area contributed by atoms with Crippen LogP contribution in [-0.4, -0.2) is 23.9 Å². The van der Waals surface area contributed by atoms with E-state index < -0.39 is 0 Å². The zero-order valence-electron chi connectivity index (χ0n) is 13.2. The topological polar surface area (TPSA) is 20.3 Å². The average Bonchev–Trinajstić information content (AvgIpc) is 2.32. The summed E-state index contributed by atoms with van der Waals surface area (Å²) in [4.78, 5) is 14.1. The van der Waals surface area contributed by atoms with E-state index in [9.17, 15) is 4.79 Å². The zero-order valence-corrected chi connectivity index (χ0v) is 13.2. The normalized spacial score (nSPS) is 17.4. The molecule has 0 spiro atoms. The molecule has 2 nitrogen and oxygen atoms in total. The van der Waals surface area contributed by atoms with Crippen molar-refractivity contribution in [1.29, 1.82) is 0 Å². The zero-order chi connectivity index (χ0) is 14.7. The number of rotatable bonds is 5. The molecule has 1 atom stereocenters. The fourth-order valence-corrected chi connectivity index (χ4v) is 3.30. The Morgan fingerprint density at radius 3 is 2.25 bits per heavy atom. The molecule has 1 aromatic carbocycles. The summed E-state index contributed by atoms with van der Waals surface area (Å²) in [6.45, 7) is 10.7.